The van der Waals surface area contributed by atoms with Gasteiger partial charge in [0.05, 0.1) is 5.54 Å². The standard InChI is InChI=1S/C14H29N3O/c1-14(2,15)13(18)16-10-7-11-17(3)12-8-5-4-6-9-12/h12H,4-11,15H2,1-3H3,(H,16,18). The van der Waals surface area contributed by atoms with E-state index in [9.17, 15) is 4.79 Å². The van der Waals surface area contributed by atoms with Gasteiger partial charge in [0.1, 0.15) is 0 Å². The average molecular weight is 255 g/mol. The van der Waals surface area contributed by atoms with Crippen LogP contribution in [0.25, 0.3) is 0 Å². The van der Waals surface area contributed by atoms with Crippen LogP contribution in [0.1, 0.15) is 52.4 Å². The van der Waals surface area contributed by atoms with Gasteiger partial charge >= 0.3 is 0 Å². The fraction of sp³-hybridized carbons (Fsp3) is 0.929. The van der Waals surface area contributed by atoms with Gasteiger partial charge in [-0.1, -0.05) is 19.3 Å². The van der Waals surface area contributed by atoms with Gasteiger partial charge in [-0.2, -0.15) is 0 Å². The molecule has 1 aliphatic carbocycles. The van der Waals surface area contributed by atoms with E-state index in [1.165, 1.54) is 32.1 Å². The molecule has 3 N–H and O–H groups in total. The van der Waals surface area contributed by atoms with Crippen LogP contribution in [0, 0.1) is 0 Å². The predicted molar refractivity (Wildman–Crippen MR) is 75.4 cm³/mol. The second kappa shape index (κ2) is 7.10. The molecule has 0 bridgehead atoms. The Bertz CT molecular complexity index is 254. The highest BCUT2D eigenvalue weighted by Crippen LogP contribution is 2.21. The van der Waals surface area contributed by atoms with Crippen LogP contribution < -0.4 is 11.1 Å². The van der Waals surface area contributed by atoms with Crippen LogP contribution in [0.15, 0.2) is 0 Å². The molecule has 0 aromatic rings. The number of hydrogen-bond donors (Lipinski definition) is 2. The van der Waals surface area contributed by atoms with Gasteiger partial charge in [0.25, 0.3) is 0 Å². The average Bonchev–Trinajstić information content (AvgIpc) is 2.34. The highest BCUT2D eigenvalue weighted by Gasteiger charge is 2.21. The van der Waals surface area contributed by atoms with E-state index in [2.05, 4.69) is 17.3 Å². The molecule has 0 aliphatic heterocycles. The molecular formula is C14H29N3O. The summed E-state index contributed by atoms with van der Waals surface area (Å²) in [4.78, 5) is 14.0. The summed E-state index contributed by atoms with van der Waals surface area (Å²) in [5, 5.41) is 2.89. The molecule has 0 spiro atoms. The Morgan fingerprint density at radius 2 is 1.94 bits per heavy atom. The highest BCUT2D eigenvalue weighted by molar-refractivity contribution is 5.84. The van der Waals surface area contributed by atoms with Crippen LogP contribution in [-0.2, 0) is 4.79 Å². The second-order valence-corrected chi connectivity index (χ2v) is 6.10. The van der Waals surface area contributed by atoms with Crippen molar-refractivity contribution in [2.45, 2.75) is 64.0 Å². The van der Waals surface area contributed by atoms with Gasteiger partial charge < -0.3 is 16.0 Å². The third kappa shape index (κ3) is 5.36. The minimum absolute atomic E-state index is 0.0668. The molecule has 0 heterocycles. The molecule has 0 radical (unpaired) electrons. The minimum atomic E-state index is -0.769. The van der Waals surface area contributed by atoms with Crippen molar-refractivity contribution in [2.24, 2.45) is 5.73 Å². The molecule has 0 aromatic carbocycles. The number of carbonyl (C=O) groups is 1. The molecule has 0 aromatic heterocycles. The van der Waals surface area contributed by atoms with Gasteiger partial charge in [0.15, 0.2) is 0 Å². The predicted octanol–water partition coefficient (Wildman–Crippen LogP) is 1.49. The molecular weight excluding hydrogens is 226 g/mol. The first-order valence-corrected chi connectivity index (χ1v) is 7.18. The summed E-state index contributed by atoms with van der Waals surface area (Å²) in [7, 11) is 2.20. The van der Waals surface area contributed by atoms with Gasteiger partial charge in [-0.3, -0.25) is 4.79 Å². The number of nitrogens with zero attached hydrogens (tertiary/aromatic N) is 1. The third-order valence-corrected chi connectivity index (χ3v) is 3.76. The number of nitrogens with one attached hydrogen (secondary N) is 1. The smallest absolute Gasteiger partial charge is 0.239 e. The van der Waals surface area contributed by atoms with E-state index in [-0.39, 0.29) is 5.91 Å². The van der Waals surface area contributed by atoms with E-state index in [0.717, 1.165) is 25.6 Å². The summed E-state index contributed by atoms with van der Waals surface area (Å²) in [6.45, 7) is 5.24. The lowest BCUT2D eigenvalue weighted by Gasteiger charge is -2.31. The van der Waals surface area contributed by atoms with Gasteiger partial charge in [0.2, 0.25) is 5.91 Å². The molecule has 1 rings (SSSR count). The summed E-state index contributed by atoms with van der Waals surface area (Å²) in [6, 6.07) is 0.750. The Balaban J connectivity index is 2.12. The summed E-state index contributed by atoms with van der Waals surface area (Å²) < 4.78 is 0. The van der Waals surface area contributed by atoms with Crippen molar-refractivity contribution in [3.8, 4) is 0 Å². The zero-order chi connectivity index (χ0) is 13.6. The first-order chi connectivity index (χ1) is 8.41. The second-order valence-electron chi connectivity index (χ2n) is 6.10. The number of rotatable bonds is 6. The summed E-state index contributed by atoms with van der Waals surface area (Å²) in [5.74, 6) is -0.0668. The van der Waals surface area contributed by atoms with Crippen molar-refractivity contribution in [1.82, 2.24) is 10.2 Å². The van der Waals surface area contributed by atoms with Crippen molar-refractivity contribution < 1.29 is 4.79 Å². The lowest BCUT2D eigenvalue weighted by molar-refractivity contribution is -0.125. The number of nitrogens with two attached hydrogens (primary N) is 1. The number of carbonyl (C=O) groups excluding carboxylic acids is 1. The Labute approximate surface area is 111 Å². The normalized spacial score (nSPS) is 18.1. The SMILES string of the molecule is CN(CCCNC(=O)C(C)(C)N)C1CCCCC1. The maximum atomic E-state index is 11.6. The fourth-order valence-electron chi connectivity index (χ4n) is 2.46. The molecule has 1 fully saturated rings. The van der Waals surface area contributed by atoms with E-state index in [1.54, 1.807) is 13.8 Å². The largest absolute Gasteiger partial charge is 0.354 e. The Morgan fingerprint density at radius 1 is 1.33 bits per heavy atom. The van der Waals surface area contributed by atoms with E-state index < -0.39 is 5.54 Å². The van der Waals surface area contributed by atoms with Crippen LogP contribution in [-0.4, -0.2) is 42.5 Å². The summed E-state index contributed by atoms with van der Waals surface area (Å²) >= 11 is 0. The van der Waals surface area contributed by atoms with E-state index in [0.29, 0.717) is 0 Å². The van der Waals surface area contributed by atoms with Crippen LogP contribution in [0.4, 0.5) is 0 Å². The van der Waals surface area contributed by atoms with Crippen molar-refractivity contribution in [3.63, 3.8) is 0 Å². The van der Waals surface area contributed by atoms with E-state index >= 15 is 0 Å². The van der Waals surface area contributed by atoms with Crippen molar-refractivity contribution in [1.29, 1.82) is 0 Å². The Kier molecular flexibility index (Phi) is 6.09. The zero-order valence-corrected chi connectivity index (χ0v) is 12.2. The number of hydrogen-bond acceptors (Lipinski definition) is 3. The summed E-state index contributed by atoms with van der Waals surface area (Å²) in [5.41, 5.74) is 4.95. The maximum Gasteiger partial charge on any atom is 0.239 e. The van der Waals surface area contributed by atoms with Crippen LogP contribution in [0.5, 0.6) is 0 Å². The van der Waals surface area contributed by atoms with Crippen LogP contribution >= 0.6 is 0 Å². The van der Waals surface area contributed by atoms with Gasteiger partial charge in [-0.15, -0.1) is 0 Å². The lowest BCUT2D eigenvalue weighted by Crippen LogP contribution is -2.49. The first-order valence-electron chi connectivity index (χ1n) is 7.18. The molecule has 4 heteroatoms. The molecule has 0 unspecified atom stereocenters. The molecule has 4 nitrogen and oxygen atoms in total. The molecule has 1 aliphatic rings. The van der Waals surface area contributed by atoms with Gasteiger partial charge in [-0.05, 0) is 46.7 Å². The van der Waals surface area contributed by atoms with Gasteiger partial charge in [-0.25, -0.2) is 0 Å². The third-order valence-electron chi connectivity index (χ3n) is 3.76. The summed E-state index contributed by atoms with van der Waals surface area (Å²) in [6.07, 6.45) is 7.79. The zero-order valence-electron chi connectivity index (χ0n) is 12.2. The van der Waals surface area contributed by atoms with E-state index in [1.807, 2.05) is 0 Å². The van der Waals surface area contributed by atoms with E-state index in [4.69, 9.17) is 5.73 Å². The quantitative estimate of drug-likeness (QED) is 0.707. The number of amides is 1. The molecule has 18 heavy (non-hydrogen) atoms. The Morgan fingerprint density at radius 3 is 2.50 bits per heavy atom. The van der Waals surface area contributed by atoms with Crippen LogP contribution in [0.3, 0.4) is 0 Å². The monoisotopic (exact) mass is 255 g/mol. The molecule has 0 atom stereocenters. The van der Waals surface area contributed by atoms with Crippen LogP contribution in [0.2, 0.25) is 0 Å². The molecule has 1 amide bonds. The fourth-order valence-corrected chi connectivity index (χ4v) is 2.46. The van der Waals surface area contributed by atoms with Crippen molar-refractivity contribution in [2.75, 3.05) is 20.1 Å². The molecule has 1 saturated carbocycles. The Hall–Kier alpha value is -0.610. The highest BCUT2D eigenvalue weighted by atomic mass is 16.2. The molecule has 0 saturated heterocycles. The lowest BCUT2D eigenvalue weighted by atomic mass is 9.94. The molecule has 106 valence electrons. The first kappa shape index (κ1) is 15.4. The van der Waals surface area contributed by atoms with Crippen molar-refractivity contribution >= 4 is 5.91 Å². The maximum absolute atomic E-state index is 11.6. The van der Waals surface area contributed by atoms with Gasteiger partial charge in [0, 0.05) is 12.6 Å². The topological polar surface area (TPSA) is 58.4 Å². The van der Waals surface area contributed by atoms with Crippen molar-refractivity contribution in [3.05, 3.63) is 0 Å². The minimum Gasteiger partial charge on any atom is -0.354 e.